The van der Waals surface area contributed by atoms with Crippen molar-refractivity contribution in [3.63, 3.8) is 0 Å². The van der Waals surface area contributed by atoms with E-state index in [2.05, 4.69) is 10.6 Å². The number of hydrogen-bond donors (Lipinski definition) is 2. The Bertz CT molecular complexity index is 691. The molecular formula is C21H28ClF3N2O. The number of piperidine rings is 1. The van der Waals surface area contributed by atoms with Crippen molar-refractivity contribution in [1.82, 2.24) is 10.6 Å². The predicted molar refractivity (Wildman–Crippen MR) is 105 cm³/mol. The molecular weight excluding hydrogens is 389 g/mol. The molecule has 1 aliphatic carbocycles. The minimum Gasteiger partial charge on any atom is -0.352 e. The van der Waals surface area contributed by atoms with E-state index in [-0.39, 0.29) is 24.4 Å². The summed E-state index contributed by atoms with van der Waals surface area (Å²) in [5, 5.41) is 6.79. The first-order chi connectivity index (χ1) is 12.9. The van der Waals surface area contributed by atoms with Crippen molar-refractivity contribution in [1.29, 1.82) is 0 Å². The van der Waals surface area contributed by atoms with E-state index in [0.717, 1.165) is 51.0 Å². The Morgan fingerprint density at radius 2 is 1.71 bits per heavy atom. The van der Waals surface area contributed by atoms with Crippen LogP contribution in [0.15, 0.2) is 24.3 Å². The van der Waals surface area contributed by atoms with Gasteiger partial charge in [0.25, 0.3) is 0 Å². The van der Waals surface area contributed by atoms with Crippen molar-refractivity contribution in [2.24, 2.45) is 0 Å². The van der Waals surface area contributed by atoms with Gasteiger partial charge in [-0.2, -0.15) is 13.2 Å². The third-order valence-corrected chi connectivity index (χ3v) is 6.69. The van der Waals surface area contributed by atoms with Crippen LogP contribution in [-0.4, -0.2) is 24.0 Å². The number of halogens is 4. The zero-order chi connectivity index (χ0) is 19.1. The topological polar surface area (TPSA) is 41.1 Å². The van der Waals surface area contributed by atoms with Gasteiger partial charge in [-0.05, 0) is 50.2 Å². The van der Waals surface area contributed by atoms with E-state index >= 15 is 0 Å². The SMILES string of the molecule is Cl.O=C(NC1CC2CCC(C1)N2)C1(c2cccc(C(F)(F)F)c2)CCCCC1. The lowest BCUT2D eigenvalue weighted by atomic mass is 9.68. The van der Waals surface area contributed by atoms with Crippen LogP contribution in [-0.2, 0) is 16.4 Å². The Morgan fingerprint density at radius 1 is 1.07 bits per heavy atom. The average Bonchev–Trinajstić information content (AvgIpc) is 3.00. The minimum absolute atomic E-state index is 0. The third kappa shape index (κ3) is 4.18. The van der Waals surface area contributed by atoms with Gasteiger partial charge in [-0.15, -0.1) is 12.4 Å². The molecule has 1 aromatic rings. The Balaban J connectivity index is 0.00000225. The van der Waals surface area contributed by atoms with Crippen molar-refractivity contribution in [3.05, 3.63) is 35.4 Å². The van der Waals surface area contributed by atoms with E-state index in [1.807, 2.05) is 0 Å². The number of hydrogen-bond acceptors (Lipinski definition) is 2. The Hall–Kier alpha value is -1.27. The van der Waals surface area contributed by atoms with Crippen LogP contribution >= 0.6 is 12.4 Å². The first kappa shape index (κ1) is 21.4. The van der Waals surface area contributed by atoms with Crippen LogP contribution in [0.4, 0.5) is 13.2 Å². The highest BCUT2D eigenvalue weighted by molar-refractivity contribution is 5.88. The molecule has 2 aliphatic heterocycles. The van der Waals surface area contributed by atoms with Crippen molar-refractivity contribution in [2.75, 3.05) is 0 Å². The molecule has 0 spiro atoms. The van der Waals surface area contributed by atoms with Gasteiger partial charge in [-0.25, -0.2) is 0 Å². The van der Waals surface area contributed by atoms with Crippen LogP contribution in [0.3, 0.4) is 0 Å². The van der Waals surface area contributed by atoms with Crippen LogP contribution < -0.4 is 10.6 Å². The zero-order valence-electron chi connectivity index (χ0n) is 15.9. The summed E-state index contributed by atoms with van der Waals surface area (Å²) in [5.74, 6) is -0.0761. The summed E-state index contributed by atoms with van der Waals surface area (Å²) < 4.78 is 39.7. The van der Waals surface area contributed by atoms with Gasteiger partial charge in [-0.3, -0.25) is 4.79 Å². The molecule has 1 saturated carbocycles. The Labute approximate surface area is 170 Å². The van der Waals surface area contributed by atoms with Crippen LogP contribution in [0.5, 0.6) is 0 Å². The number of carbonyl (C=O) groups excluding carboxylic acids is 1. The first-order valence-corrected chi connectivity index (χ1v) is 10.1. The largest absolute Gasteiger partial charge is 0.416 e. The Kier molecular flexibility index (Phi) is 6.30. The zero-order valence-corrected chi connectivity index (χ0v) is 16.7. The molecule has 2 heterocycles. The van der Waals surface area contributed by atoms with Gasteiger partial charge < -0.3 is 10.6 Å². The molecule has 2 bridgehead atoms. The fourth-order valence-electron chi connectivity index (χ4n) is 5.29. The van der Waals surface area contributed by atoms with Crippen LogP contribution in [0.25, 0.3) is 0 Å². The number of alkyl halides is 3. The van der Waals surface area contributed by atoms with Gasteiger partial charge >= 0.3 is 6.18 Å². The molecule has 2 unspecified atom stereocenters. The second kappa shape index (κ2) is 8.23. The quantitative estimate of drug-likeness (QED) is 0.748. The van der Waals surface area contributed by atoms with Gasteiger partial charge in [0, 0.05) is 18.1 Å². The number of benzene rings is 1. The third-order valence-electron chi connectivity index (χ3n) is 6.69. The standard InChI is InChI=1S/C21H27F3N2O.ClH/c22-21(23,24)15-6-4-5-14(11-15)20(9-2-1-3-10-20)19(27)26-18-12-16-7-8-17(13-18)25-16;/h4-6,11,16-18,25H,1-3,7-10,12-13H2,(H,26,27);1H. The van der Waals surface area contributed by atoms with Gasteiger partial charge in [0.15, 0.2) is 0 Å². The summed E-state index contributed by atoms with van der Waals surface area (Å²) in [6, 6.07) is 6.47. The van der Waals surface area contributed by atoms with E-state index < -0.39 is 17.2 Å². The van der Waals surface area contributed by atoms with Crippen molar-refractivity contribution in [3.8, 4) is 0 Å². The summed E-state index contributed by atoms with van der Waals surface area (Å²) in [6.07, 6.45) is 3.77. The highest BCUT2D eigenvalue weighted by atomic mass is 35.5. The van der Waals surface area contributed by atoms with Crippen molar-refractivity contribution >= 4 is 18.3 Å². The van der Waals surface area contributed by atoms with E-state index in [9.17, 15) is 18.0 Å². The second-order valence-corrected chi connectivity index (χ2v) is 8.50. The maximum absolute atomic E-state index is 13.4. The maximum atomic E-state index is 13.4. The molecule has 7 heteroatoms. The summed E-state index contributed by atoms with van der Waals surface area (Å²) in [5.41, 5.74) is -0.979. The lowest BCUT2D eigenvalue weighted by Gasteiger charge is -2.39. The molecule has 3 nitrogen and oxygen atoms in total. The highest BCUT2D eigenvalue weighted by Gasteiger charge is 2.44. The normalized spacial score (nSPS) is 29.0. The summed E-state index contributed by atoms with van der Waals surface area (Å²) in [7, 11) is 0. The van der Waals surface area contributed by atoms with E-state index in [0.29, 0.717) is 30.5 Å². The lowest BCUT2D eigenvalue weighted by Crippen LogP contribution is -2.53. The highest BCUT2D eigenvalue weighted by Crippen LogP contribution is 2.42. The van der Waals surface area contributed by atoms with E-state index in [1.54, 1.807) is 6.07 Å². The number of rotatable bonds is 3. The van der Waals surface area contributed by atoms with Gasteiger partial charge in [0.05, 0.1) is 11.0 Å². The van der Waals surface area contributed by atoms with Gasteiger partial charge in [-0.1, -0.05) is 37.5 Å². The number of nitrogens with one attached hydrogen (secondary N) is 2. The molecule has 1 amide bonds. The molecule has 3 aliphatic rings. The number of fused-ring (bicyclic) bond motifs is 2. The molecule has 2 N–H and O–H groups in total. The molecule has 28 heavy (non-hydrogen) atoms. The fourth-order valence-corrected chi connectivity index (χ4v) is 5.29. The molecule has 156 valence electrons. The molecule has 0 aromatic heterocycles. The number of amides is 1. The average molecular weight is 417 g/mol. The molecule has 2 atom stereocenters. The summed E-state index contributed by atoms with van der Waals surface area (Å²) in [4.78, 5) is 13.4. The van der Waals surface area contributed by atoms with Crippen molar-refractivity contribution in [2.45, 2.75) is 87.5 Å². The fraction of sp³-hybridized carbons (Fsp3) is 0.667. The van der Waals surface area contributed by atoms with Gasteiger partial charge in [0.1, 0.15) is 0 Å². The van der Waals surface area contributed by atoms with Crippen LogP contribution in [0.2, 0.25) is 0 Å². The smallest absolute Gasteiger partial charge is 0.352 e. The van der Waals surface area contributed by atoms with Crippen LogP contribution in [0, 0.1) is 0 Å². The first-order valence-electron chi connectivity index (χ1n) is 10.1. The van der Waals surface area contributed by atoms with Crippen molar-refractivity contribution < 1.29 is 18.0 Å². The molecule has 0 radical (unpaired) electrons. The number of carbonyl (C=O) groups is 1. The van der Waals surface area contributed by atoms with Crippen LogP contribution in [0.1, 0.15) is 68.9 Å². The maximum Gasteiger partial charge on any atom is 0.416 e. The lowest BCUT2D eigenvalue weighted by molar-refractivity contribution is -0.138. The monoisotopic (exact) mass is 416 g/mol. The molecule has 3 fully saturated rings. The molecule has 2 saturated heterocycles. The minimum atomic E-state index is -4.39. The van der Waals surface area contributed by atoms with Gasteiger partial charge in [0.2, 0.25) is 5.91 Å². The summed E-state index contributed by atoms with van der Waals surface area (Å²) in [6.45, 7) is 0. The van der Waals surface area contributed by atoms with E-state index in [1.165, 1.54) is 12.1 Å². The molecule has 1 aromatic carbocycles. The Morgan fingerprint density at radius 3 is 2.32 bits per heavy atom. The predicted octanol–water partition coefficient (Wildman–Crippen LogP) is 4.73. The summed E-state index contributed by atoms with van der Waals surface area (Å²) >= 11 is 0. The van der Waals surface area contributed by atoms with E-state index in [4.69, 9.17) is 0 Å². The molecule has 4 rings (SSSR count). The second-order valence-electron chi connectivity index (χ2n) is 8.50.